The number of H-pyrrole nitrogens is 1. The second-order valence-corrected chi connectivity index (χ2v) is 5.44. The van der Waals surface area contributed by atoms with E-state index < -0.39 is 0 Å². The summed E-state index contributed by atoms with van der Waals surface area (Å²) in [6.45, 7) is 5.94. The summed E-state index contributed by atoms with van der Waals surface area (Å²) >= 11 is 1.37. The van der Waals surface area contributed by atoms with E-state index in [0.717, 1.165) is 22.8 Å². The molecule has 20 heavy (non-hydrogen) atoms. The molecule has 0 aliphatic rings. The lowest BCUT2D eigenvalue weighted by Crippen LogP contribution is -2.19. The first-order valence-corrected chi connectivity index (χ1v) is 7.26. The summed E-state index contributed by atoms with van der Waals surface area (Å²) < 4.78 is 1.62. The number of aromatic amines is 1. The van der Waals surface area contributed by atoms with Crippen LogP contribution < -0.4 is 11.0 Å². The molecule has 0 aliphatic heterocycles. The van der Waals surface area contributed by atoms with Crippen molar-refractivity contribution in [1.82, 2.24) is 24.7 Å². The van der Waals surface area contributed by atoms with Gasteiger partial charge >= 0.3 is 5.69 Å². The van der Waals surface area contributed by atoms with E-state index in [1.54, 1.807) is 4.57 Å². The van der Waals surface area contributed by atoms with Gasteiger partial charge in [-0.25, -0.2) is 19.9 Å². The summed E-state index contributed by atoms with van der Waals surface area (Å²) in [7, 11) is 1.83. The van der Waals surface area contributed by atoms with Crippen LogP contribution in [0.4, 0.5) is 5.82 Å². The number of hydrogen-bond donors (Lipinski definition) is 2. The quantitative estimate of drug-likeness (QED) is 0.816. The molecule has 0 saturated carbocycles. The SMILES string of the molecule is CCc1c(NC)ncnc1Sc1n[nH]c(=O)n1C(C)C. The predicted octanol–water partition coefficient (Wildman–Crippen LogP) is 1.70. The highest BCUT2D eigenvalue weighted by atomic mass is 32.2. The molecule has 0 bridgehead atoms. The summed E-state index contributed by atoms with van der Waals surface area (Å²) in [4.78, 5) is 20.2. The van der Waals surface area contributed by atoms with Crippen molar-refractivity contribution in [2.75, 3.05) is 12.4 Å². The molecule has 0 aliphatic carbocycles. The third kappa shape index (κ3) is 2.69. The standard InChI is InChI=1S/C12H18N6OS/c1-5-8-9(13-4)14-6-15-10(8)20-12-17-16-11(19)18(12)7(2)3/h6-7H,5H2,1-4H3,(H,16,19)(H,13,14,15). The van der Waals surface area contributed by atoms with E-state index >= 15 is 0 Å². The van der Waals surface area contributed by atoms with Gasteiger partial charge in [0, 0.05) is 18.7 Å². The third-order valence-electron chi connectivity index (χ3n) is 2.87. The molecule has 0 aromatic carbocycles. The first kappa shape index (κ1) is 14.6. The van der Waals surface area contributed by atoms with Crippen LogP contribution in [-0.2, 0) is 6.42 Å². The molecule has 7 nitrogen and oxygen atoms in total. The Morgan fingerprint density at radius 2 is 2.20 bits per heavy atom. The van der Waals surface area contributed by atoms with E-state index in [-0.39, 0.29) is 11.7 Å². The van der Waals surface area contributed by atoms with Crippen molar-refractivity contribution in [1.29, 1.82) is 0 Å². The molecule has 0 atom stereocenters. The molecule has 2 N–H and O–H groups in total. The molecule has 0 fully saturated rings. The number of aromatic nitrogens is 5. The van der Waals surface area contributed by atoms with Crippen LogP contribution >= 0.6 is 11.8 Å². The molecule has 0 spiro atoms. The minimum Gasteiger partial charge on any atom is -0.373 e. The van der Waals surface area contributed by atoms with Crippen LogP contribution in [0.1, 0.15) is 32.4 Å². The fourth-order valence-electron chi connectivity index (χ4n) is 1.92. The normalized spacial score (nSPS) is 11.1. The lowest BCUT2D eigenvalue weighted by molar-refractivity contribution is 0.533. The van der Waals surface area contributed by atoms with Crippen LogP contribution in [0.25, 0.3) is 0 Å². The van der Waals surface area contributed by atoms with E-state index in [2.05, 4.69) is 25.5 Å². The molecule has 2 aromatic rings. The topological polar surface area (TPSA) is 88.5 Å². The highest BCUT2D eigenvalue weighted by Crippen LogP contribution is 2.30. The van der Waals surface area contributed by atoms with Crippen LogP contribution in [0.2, 0.25) is 0 Å². The van der Waals surface area contributed by atoms with E-state index in [4.69, 9.17) is 0 Å². The average molecular weight is 294 g/mol. The largest absolute Gasteiger partial charge is 0.373 e. The molecular formula is C12H18N6OS. The number of anilines is 1. The van der Waals surface area contributed by atoms with Crippen molar-refractivity contribution < 1.29 is 0 Å². The third-order valence-corrected chi connectivity index (χ3v) is 3.89. The van der Waals surface area contributed by atoms with Crippen molar-refractivity contribution in [3.8, 4) is 0 Å². The summed E-state index contributed by atoms with van der Waals surface area (Å²) in [6, 6.07) is 0.0411. The monoisotopic (exact) mass is 294 g/mol. The van der Waals surface area contributed by atoms with Crippen LogP contribution in [0, 0.1) is 0 Å². The molecule has 0 amide bonds. The van der Waals surface area contributed by atoms with Crippen LogP contribution in [-0.4, -0.2) is 31.8 Å². The van der Waals surface area contributed by atoms with E-state index in [1.807, 2.05) is 27.8 Å². The van der Waals surface area contributed by atoms with E-state index in [0.29, 0.717) is 5.16 Å². The van der Waals surface area contributed by atoms with Gasteiger partial charge in [0.05, 0.1) is 0 Å². The Bertz CT molecular complexity index is 648. The fraction of sp³-hybridized carbons (Fsp3) is 0.500. The molecule has 108 valence electrons. The smallest absolute Gasteiger partial charge is 0.344 e. The molecule has 0 saturated heterocycles. The maximum absolute atomic E-state index is 11.7. The molecule has 2 aromatic heterocycles. The lowest BCUT2D eigenvalue weighted by Gasteiger charge is -2.11. The summed E-state index contributed by atoms with van der Waals surface area (Å²) in [5, 5.41) is 11.0. The lowest BCUT2D eigenvalue weighted by atomic mass is 10.2. The first-order valence-electron chi connectivity index (χ1n) is 6.44. The van der Waals surface area contributed by atoms with Gasteiger partial charge in [-0.05, 0) is 32.0 Å². The Kier molecular flexibility index (Phi) is 4.43. The summed E-state index contributed by atoms with van der Waals surface area (Å²) in [5.41, 5.74) is 0.814. The highest BCUT2D eigenvalue weighted by Gasteiger charge is 2.16. The van der Waals surface area contributed by atoms with Crippen molar-refractivity contribution in [3.63, 3.8) is 0 Å². The zero-order valence-electron chi connectivity index (χ0n) is 12.0. The van der Waals surface area contributed by atoms with E-state index in [9.17, 15) is 4.79 Å². The van der Waals surface area contributed by atoms with E-state index in [1.165, 1.54) is 18.1 Å². The molecule has 0 radical (unpaired) electrons. The minimum absolute atomic E-state index is 0.0411. The Labute approximate surface area is 121 Å². The Balaban J connectivity index is 2.43. The van der Waals surface area contributed by atoms with Gasteiger partial charge in [0.1, 0.15) is 17.2 Å². The van der Waals surface area contributed by atoms with Crippen molar-refractivity contribution in [3.05, 3.63) is 22.4 Å². The first-order chi connectivity index (χ1) is 9.58. The number of hydrogen-bond acceptors (Lipinski definition) is 6. The van der Waals surface area contributed by atoms with Gasteiger partial charge in [0.2, 0.25) is 0 Å². The van der Waals surface area contributed by atoms with Gasteiger partial charge in [0.15, 0.2) is 5.16 Å². The Morgan fingerprint density at radius 3 is 2.80 bits per heavy atom. The average Bonchev–Trinajstić information content (AvgIpc) is 2.79. The van der Waals surface area contributed by atoms with Gasteiger partial charge < -0.3 is 5.32 Å². The number of nitrogens with one attached hydrogen (secondary N) is 2. The van der Waals surface area contributed by atoms with Gasteiger partial charge in [-0.15, -0.1) is 5.10 Å². The summed E-state index contributed by atoms with van der Waals surface area (Å²) in [6.07, 6.45) is 2.31. The van der Waals surface area contributed by atoms with Crippen LogP contribution in [0.15, 0.2) is 21.3 Å². The zero-order valence-corrected chi connectivity index (χ0v) is 12.8. The Morgan fingerprint density at radius 1 is 1.45 bits per heavy atom. The maximum Gasteiger partial charge on any atom is 0.344 e. The molecule has 2 rings (SSSR count). The van der Waals surface area contributed by atoms with Crippen LogP contribution in [0.3, 0.4) is 0 Å². The number of rotatable bonds is 5. The predicted molar refractivity (Wildman–Crippen MR) is 78.3 cm³/mol. The summed E-state index contributed by atoms with van der Waals surface area (Å²) in [5.74, 6) is 0.805. The van der Waals surface area contributed by atoms with Gasteiger partial charge in [-0.2, -0.15) is 0 Å². The second kappa shape index (κ2) is 6.08. The van der Waals surface area contributed by atoms with Crippen LogP contribution in [0.5, 0.6) is 0 Å². The van der Waals surface area contributed by atoms with Crippen molar-refractivity contribution in [2.24, 2.45) is 0 Å². The Hall–Kier alpha value is -1.83. The fourth-order valence-corrected chi connectivity index (χ4v) is 3.04. The molecule has 0 unspecified atom stereocenters. The van der Waals surface area contributed by atoms with Gasteiger partial charge in [-0.3, -0.25) is 4.57 Å². The van der Waals surface area contributed by atoms with Crippen molar-refractivity contribution >= 4 is 17.6 Å². The maximum atomic E-state index is 11.7. The second-order valence-electron chi connectivity index (χ2n) is 4.49. The van der Waals surface area contributed by atoms with Gasteiger partial charge in [-0.1, -0.05) is 6.92 Å². The van der Waals surface area contributed by atoms with Crippen molar-refractivity contribution in [2.45, 2.75) is 43.4 Å². The highest BCUT2D eigenvalue weighted by molar-refractivity contribution is 7.99. The molecular weight excluding hydrogens is 276 g/mol. The molecule has 2 heterocycles. The minimum atomic E-state index is -0.205. The molecule has 8 heteroatoms. The number of nitrogens with zero attached hydrogens (tertiary/aromatic N) is 4. The van der Waals surface area contributed by atoms with Gasteiger partial charge in [0.25, 0.3) is 0 Å². The zero-order chi connectivity index (χ0) is 14.7.